The Morgan fingerprint density at radius 3 is 2.72 bits per heavy atom. The molecule has 2 rings (SSSR count). The number of aromatic nitrogens is 2. The van der Waals surface area contributed by atoms with Gasteiger partial charge in [0, 0.05) is 11.3 Å². The number of halogens is 2. The van der Waals surface area contributed by atoms with E-state index in [1.807, 2.05) is 0 Å². The summed E-state index contributed by atoms with van der Waals surface area (Å²) in [5.41, 5.74) is 1.66. The van der Waals surface area contributed by atoms with Crippen LogP contribution in [-0.2, 0) is 0 Å². The number of benzene rings is 1. The summed E-state index contributed by atoms with van der Waals surface area (Å²) in [7, 11) is 0. The van der Waals surface area contributed by atoms with Crippen molar-refractivity contribution >= 4 is 28.1 Å². The lowest BCUT2D eigenvalue weighted by molar-refractivity contribution is 0.628. The van der Waals surface area contributed by atoms with Gasteiger partial charge in [-0.15, -0.1) is 0 Å². The summed E-state index contributed by atoms with van der Waals surface area (Å²) >= 11 is 8.64. The first-order valence-corrected chi connectivity index (χ1v) is 6.75. The third kappa shape index (κ3) is 2.67. The Labute approximate surface area is 118 Å². The third-order valence-electron chi connectivity index (χ3n) is 2.57. The van der Waals surface area contributed by atoms with Gasteiger partial charge < -0.3 is 4.98 Å². The van der Waals surface area contributed by atoms with Crippen molar-refractivity contribution in [1.29, 1.82) is 0 Å². The molecule has 0 saturated carbocycles. The summed E-state index contributed by atoms with van der Waals surface area (Å²) in [4.78, 5) is 7.48. The molecule has 0 aliphatic carbocycles. The fraction of sp³-hybridized carbons (Fsp3) is 0.231. The van der Waals surface area contributed by atoms with Crippen molar-refractivity contribution in [3.8, 4) is 11.4 Å². The van der Waals surface area contributed by atoms with Gasteiger partial charge in [-0.1, -0.05) is 38.2 Å². The fourth-order valence-corrected chi connectivity index (χ4v) is 2.49. The Morgan fingerprint density at radius 2 is 2.11 bits per heavy atom. The molecule has 94 valence electrons. The Morgan fingerprint density at radius 1 is 1.39 bits per heavy atom. The molecule has 0 aliphatic rings. The molecule has 2 aromatic rings. The van der Waals surface area contributed by atoms with Crippen molar-refractivity contribution < 1.29 is 4.39 Å². The van der Waals surface area contributed by atoms with E-state index in [9.17, 15) is 4.39 Å². The first-order chi connectivity index (χ1) is 8.49. The minimum Gasteiger partial charge on any atom is -0.342 e. The molecule has 0 spiro atoms. The molecule has 0 radical (unpaired) electrons. The second-order valence-electron chi connectivity index (χ2n) is 4.28. The molecule has 0 saturated heterocycles. The summed E-state index contributed by atoms with van der Waals surface area (Å²) in [6.07, 6.45) is 0. The van der Waals surface area contributed by atoms with Crippen molar-refractivity contribution in [2.75, 3.05) is 0 Å². The highest BCUT2D eigenvalue weighted by Gasteiger charge is 2.11. The number of nitrogens with one attached hydrogen (secondary N) is 1. The molecule has 0 fully saturated rings. The van der Waals surface area contributed by atoms with Crippen LogP contribution in [0, 0.1) is 10.5 Å². The summed E-state index contributed by atoms with van der Waals surface area (Å²) in [5, 5.41) is 0. The van der Waals surface area contributed by atoms with Crippen LogP contribution < -0.4 is 0 Å². The van der Waals surface area contributed by atoms with E-state index in [0.717, 1.165) is 10.2 Å². The largest absolute Gasteiger partial charge is 0.342 e. The van der Waals surface area contributed by atoms with Crippen molar-refractivity contribution in [3.63, 3.8) is 0 Å². The van der Waals surface area contributed by atoms with E-state index in [1.54, 1.807) is 12.1 Å². The van der Waals surface area contributed by atoms with Crippen LogP contribution in [0.1, 0.15) is 25.5 Å². The Balaban J connectivity index is 2.63. The van der Waals surface area contributed by atoms with Crippen LogP contribution in [0.3, 0.4) is 0 Å². The monoisotopic (exact) mass is 326 g/mol. The van der Waals surface area contributed by atoms with E-state index in [1.165, 1.54) is 12.1 Å². The van der Waals surface area contributed by atoms with Crippen molar-refractivity contribution in [2.24, 2.45) is 0 Å². The number of hydrogen-bond acceptors (Lipinski definition) is 2. The topological polar surface area (TPSA) is 28.7 Å². The lowest BCUT2D eigenvalue weighted by atomic mass is 10.1. The molecule has 2 nitrogen and oxygen atoms in total. The Hall–Kier alpha value is -1.07. The molecule has 1 heterocycles. The van der Waals surface area contributed by atoms with E-state index >= 15 is 0 Å². The third-order valence-corrected chi connectivity index (χ3v) is 3.93. The SMILES string of the molecule is CC(C)c1[nH]c(-c2cccc(F)c2)nc(=S)c1Br. The molecule has 0 amide bonds. The first-order valence-electron chi connectivity index (χ1n) is 5.54. The van der Waals surface area contributed by atoms with Gasteiger partial charge in [0.1, 0.15) is 16.3 Å². The van der Waals surface area contributed by atoms with E-state index in [0.29, 0.717) is 16.0 Å². The zero-order chi connectivity index (χ0) is 13.3. The highest BCUT2D eigenvalue weighted by molar-refractivity contribution is 9.10. The maximum Gasteiger partial charge on any atom is 0.144 e. The smallest absolute Gasteiger partial charge is 0.144 e. The van der Waals surface area contributed by atoms with Crippen molar-refractivity contribution in [2.45, 2.75) is 19.8 Å². The molecule has 1 aromatic carbocycles. The first kappa shape index (κ1) is 13.4. The molecule has 1 N–H and O–H groups in total. The van der Waals surface area contributed by atoms with Gasteiger partial charge in [0.25, 0.3) is 0 Å². The number of H-pyrrole nitrogens is 1. The quantitative estimate of drug-likeness (QED) is 0.800. The maximum atomic E-state index is 13.2. The molecule has 0 aliphatic heterocycles. The van der Waals surface area contributed by atoms with E-state index < -0.39 is 0 Å². The predicted molar refractivity (Wildman–Crippen MR) is 76.6 cm³/mol. The van der Waals surface area contributed by atoms with Gasteiger partial charge in [-0.2, -0.15) is 0 Å². The Bertz CT molecular complexity index is 637. The molecular formula is C13H12BrFN2S. The van der Waals surface area contributed by atoms with Crippen LogP contribution in [0.2, 0.25) is 0 Å². The number of aromatic amines is 1. The zero-order valence-electron chi connectivity index (χ0n) is 10.00. The van der Waals surface area contributed by atoms with E-state index in [4.69, 9.17) is 12.2 Å². The van der Waals surface area contributed by atoms with Gasteiger partial charge in [-0.25, -0.2) is 9.37 Å². The van der Waals surface area contributed by atoms with Gasteiger partial charge in [-0.05, 0) is 34.0 Å². The summed E-state index contributed by atoms with van der Waals surface area (Å²) in [6.45, 7) is 4.11. The maximum absolute atomic E-state index is 13.2. The van der Waals surface area contributed by atoms with Crippen molar-refractivity contribution in [3.05, 3.63) is 44.9 Å². The second-order valence-corrected chi connectivity index (χ2v) is 5.46. The summed E-state index contributed by atoms with van der Waals surface area (Å²) in [6, 6.07) is 6.29. The zero-order valence-corrected chi connectivity index (χ0v) is 12.4. The van der Waals surface area contributed by atoms with Crippen LogP contribution in [0.5, 0.6) is 0 Å². The average Bonchev–Trinajstić information content (AvgIpc) is 2.32. The lowest BCUT2D eigenvalue weighted by Gasteiger charge is -2.11. The molecular weight excluding hydrogens is 315 g/mol. The molecule has 18 heavy (non-hydrogen) atoms. The van der Waals surface area contributed by atoms with Crippen molar-refractivity contribution in [1.82, 2.24) is 9.97 Å². The number of rotatable bonds is 2. The fourth-order valence-electron chi connectivity index (χ4n) is 1.65. The molecule has 0 bridgehead atoms. The summed E-state index contributed by atoms with van der Waals surface area (Å²) < 4.78 is 14.5. The predicted octanol–water partition coefficient (Wildman–Crippen LogP) is 4.83. The molecule has 0 unspecified atom stereocenters. The second kappa shape index (κ2) is 5.28. The molecule has 1 aromatic heterocycles. The molecule has 0 atom stereocenters. The lowest BCUT2D eigenvalue weighted by Crippen LogP contribution is -2.00. The van der Waals surface area contributed by atoms with Crippen LogP contribution in [0.4, 0.5) is 4.39 Å². The number of nitrogens with zero attached hydrogens (tertiary/aromatic N) is 1. The normalized spacial score (nSPS) is 10.9. The van der Waals surface area contributed by atoms with Crippen LogP contribution in [0.15, 0.2) is 28.7 Å². The van der Waals surface area contributed by atoms with Crippen LogP contribution in [0.25, 0.3) is 11.4 Å². The van der Waals surface area contributed by atoms with Gasteiger partial charge >= 0.3 is 0 Å². The minimum absolute atomic E-state index is 0.274. The van der Waals surface area contributed by atoms with E-state index in [2.05, 4.69) is 39.7 Å². The van der Waals surface area contributed by atoms with Gasteiger partial charge in [0.15, 0.2) is 0 Å². The molecule has 5 heteroatoms. The Kier molecular flexibility index (Phi) is 3.92. The minimum atomic E-state index is -0.289. The van der Waals surface area contributed by atoms with Gasteiger partial charge in [0.05, 0.1) is 4.47 Å². The standard InChI is InChI=1S/C13H12BrFN2S/c1-7(2)11-10(14)13(18)17-12(16-11)8-4-3-5-9(15)6-8/h3-7H,1-2H3,(H,16,17,18). The van der Waals surface area contributed by atoms with Crippen LogP contribution in [-0.4, -0.2) is 9.97 Å². The average molecular weight is 327 g/mol. The highest BCUT2D eigenvalue weighted by atomic mass is 79.9. The highest BCUT2D eigenvalue weighted by Crippen LogP contribution is 2.26. The summed E-state index contributed by atoms with van der Waals surface area (Å²) in [5.74, 6) is 0.574. The van der Waals surface area contributed by atoms with E-state index in [-0.39, 0.29) is 11.7 Å². The number of hydrogen-bond donors (Lipinski definition) is 1. The van der Waals surface area contributed by atoms with Crippen LogP contribution >= 0.6 is 28.1 Å². The van der Waals surface area contributed by atoms with Gasteiger partial charge in [0.2, 0.25) is 0 Å². The van der Waals surface area contributed by atoms with Gasteiger partial charge in [-0.3, -0.25) is 0 Å².